The molecule has 0 spiro atoms. The van der Waals surface area contributed by atoms with Crippen LogP contribution in [0.5, 0.6) is 5.75 Å². The lowest BCUT2D eigenvalue weighted by Gasteiger charge is -2.18. The van der Waals surface area contributed by atoms with Gasteiger partial charge in [-0.05, 0) is 56.0 Å². The van der Waals surface area contributed by atoms with E-state index < -0.39 is 0 Å². The van der Waals surface area contributed by atoms with Gasteiger partial charge in [-0.25, -0.2) is 0 Å². The summed E-state index contributed by atoms with van der Waals surface area (Å²) in [6.45, 7) is 3.90. The van der Waals surface area contributed by atoms with Crippen LogP contribution in [0.2, 0.25) is 0 Å². The van der Waals surface area contributed by atoms with Crippen molar-refractivity contribution in [1.82, 2.24) is 15.6 Å². The molecule has 1 aromatic carbocycles. The van der Waals surface area contributed by atoms with E-state index in [9.17, 15) is 0 Å². The van der Waals surface area contributed by atoms with Gasteiger partial charge in [-0.2, -0.15) is 10.2 Å². The van der Waals surface area contributed by atoms with E-state index in [0.29, 0.717) is 0 Å². The van der Waals surface area contributed by atoms with Crippen LogP contribution in [-0.4, -0.2) is 17.3 Å². The first-order valence-electron chi connectivity index (χ1n) is 7.04. The zero-order valence-electron chi connectivity index (χ0n) is 12.8. The van der Waals surface area contributed by atoms with E-state index in [-0.39, 0.29) is 6.04 Å². The van der Waals surface area contributed by atoms with E-state index in [1.807, 2.05) is 32.0 Å². The number of hydrogen-bond donors (Lipinski definition) is 2. The Morgan fingerprint density at radius 3 is 2.52 bits per heavy atom. The fraction of sp³-hybridized carbons (Fsp3) is 0.375. The van der Waals surface area contributed by atoms with E-state index in [4.69, 9.17) is 10.6 Å². The molecule has 5 nitrogen and oxygen atoms in total. The maximum absolute atomic E-state index is 5.72. The monoisotopic (exact) mass is 286 g/mol. The molecule has 0 fully saturated rings. The molecule has 5 heteroatoms. The summed E-state index contributed by atoms with van der Waals surface area (Å²) < 4.78 is 5.17. The van der Waals surface area contributed by atoms with Gasteiger partial charge in [0.05, 0.1) is 18.5 Å². The molecule has 0 amide bonds. The molecule has 0 bridgehead atoms. The van der Waals surface area contributed by atoms with Crippen LogP contribution in [0, 0.1) is 13.8 Å². The lowest BCUT2D eigenvalue weighted by molar-refractivity contribution is 0.414. The van der Waals surface area contributed by atoms with Crippen molar-refractivity contribution >= 4 is 0 Å². The smallest absolute Gasteiger partial charge is 0.118 e. The van der Waals surface area contributed by atoms with Gasteiger partial charge < -0.3 is 4.74 Å². The third-order valence-electron chi connectivity index (χ3n) is 3.60. The van der Waals surface area contributed by atoms with Gasteiger partial charge >= 0.3 is 0 Å². The average Bonchev–Trinajstić information content (AvgIpc) is 2.51. The highest BCUT2D eigenvalue weighted by molar-refractivity contribution is 5.28. The van der Waals surface area contributed by atoms with Gasteiger partial charge in [0.25, 0.3) is 0 Å². The standard InChI is InChI=1S/C16H22N4O/c1-11-10-15(12(2)20-19-11)16(18-17)9-6-13-4-7-14(21-3)8-5-13/h4-5,7-8,10,16,18H,6,9,17H2,1-3H3. The molecule has 0 aliphatic heterocycles. The second-order valence-corrected chi connectivity index (χ2v) is 5.13. The van der Waals surface area contributed by atoms with E-state index in [1.165, 1.54) is 5.56 Å². The van der Waals surface area contributed by atoms with Crippen molar-refractivity contribution in [3.63, 3.8) is 0 Å². The molecule has 1 aromatic heterocycles. The minimum Gasteiger partial charge on any atom is -0.497 e. The Morgan fingerprint density at radius 2 is 1.90 bits per heavy atom. The van der Waals surface area contributed by atoms with Crippen LogP contribution in [0.1, 0.15) is 35.0 Å². The molecule has 0 aliphatic rings. The van der Waals surface area contributed by atoms with Crippen LogP contribution in [0.4, 0.5) is 0 Å². The first-order chi connectivity index (χ1) is 10.1. The van der Waals surface area contributed by atoms with Crippen molar-refractivity contribution in [2.75, 3.05) is 7.11 Å². The largest absolute Gasteiger partial charge is 0.497 e. The first-order valence-corrected chi connectivity index (χ1v) is 7.04. The van der Waals surface area contributed by atoms with Crippen molar-refractivity contribution < 1.29 is 4.74 Å². The van der Waals surface area contributed by atoms with Gasteiger partial charge in [0, 0.05) is 6.04 Å². The maximum atomic E-state index is 5.72. The Morgan fingerprint density at radius 1 is 1.19 bits per heavy atom. The zero-order chi connectivity index (χ0) is 15.2. The number of nitrogens with one attached hydrogen (secondary N) is 1. The highest BCUT2D eigenvalue weighted by Crippen LogP contribution is 2.22. The summed E-state index contributed by atoms with van der Waals surface area (Å²) in [4.78, 5) is 0. The van der Waals surface area contributed by atoms with E-state index in [1.54, 1.807) is 7.11 Å². The number of hydrazine groups is 1. The van der Waals surface area contributed by atoms with Crippen molar-refractivity contribution in [1.29, 1.82) is 0 Å². The fourth-order valence-corrected chi connectivity index (χ4v) is 2.35. The summed E-state index contributed by atoms with van der Waals surface area (Å²) in [6.07, 6.45) is 1.83. The van der Waals surface area contributed by atoms with Crippen molar-refractivity contribution in [2.24, 2.45) is 5.84 Å². The number of methoxy groups -OCH3 is 1. The van der Waals surface area contributed by atoms with Crippen LogP contribution < -0.4 is 16.0 Å². The number of nitrogens with two attached hydrogens (primary N) is 1. The first kappa shape index (κ1) is 15.4. The molecule has 2 aromatic rings. The van der Waals surface area contributed by atoms with Crippen LogP contribution in [0.15, 0.2) is 30.3 Å². The maximum Gasteiger partial charge on any atom is 0.118 e. The number of ether oxygens (including phenoxy) is 1. The van der Waals surface area contributed by atoms with Crippen molar-refractivity contribution in [3.8, 4) is 5.75 Å². The topological polar surface area (TPSA) is 73.1 Å². The summed E-state index contributed by atoms with van der Waals surface area (Å²) in [7, 11) is 1.67. The third-order valence-corrected chi connectivity index (χ3v) is 3.60. The zero-order valence-corrected chi connectivity index (χ0v) is 12.8. The van der Waals surface area contributed by atoms with Crippen molar-refractivity contribution in [2.45, 2.75) is 32.7 Å². The predicted octanol–water partition coefficient (Wildman–Crippen LogP) is 2.24. The van der Waals surface area contributed by atoms with Gasteiger partial charge in [-0.3, -0.25) is 11.3 Å². The van der Waals surface area contributed by atoms with Crippen LogP contribution in [0.25, 0.3) is 0 Å². The molecule has 1 heterocycles. The number of nitrogens with zero attached hydrogens (tertiary/aromatic N) is 2. The Labute approximate surface area is 125 Å². The average molecular weight is 286 g/mol. The predicted molar refractivity (Wildman–Crippen MR) is 82.9 cm³/mol. The number of aromatic nitrogens is 2. The molecular weight excluding hydrogens is 264 g/mol. The van der Waals surface area contributed by atoms with Gasteiger partial charge in [-0.15, -0.1) is 0 Å². The fourth-order valence-electron chi connectivity index (χ4n) is 2.35. The highest BCUT2D eigenvalue weighted by Gasteiger charge is 2.14. The van der Waals surface area contributed by atoms with Crippen LogP contribution >= 0.6 is 0 Å². The van der Waals surface area contributed by atoms with E-state index in [2.05, 4.69) is 27.8 Å². The van der Waals surface area contributed by atoms with Gasteiger partial charge in [-0.1, -0.05) is 12.1 Å². The number of aryl methyl sites for hydroxylation is 3. The van der Waals surface area contributed by atoms with Crippen LogP contribution in [-0.2, 0) is 6.42 Å². The number of rotatable bonds is 6. The second-order valence-electron chi connectivity index (χ2n) is 5.13. The summed E-state index contributed by atoms with van der Waals surface area (Å²) >= 11 is 0. The molecule has 0 aliphatic carbocycles. The molecule has 112 valence electrons. The minimum atomic E-state index is 0.0706. The quantitative estimate of drug-likeness (QED) is 0.629. The second kappa shape index (κ2) is 7.15. The van der Waals surface area contributed by atoms with Crippen LogP contribution in [0.3, 0.4) is 0 Å². The summed E-state index contributed by atoms with van der Waals surface area (Å²) in [5.74, 6) is 6.59. The highest BCUT2D eigenvalue weighted by atomic mass is 16.5. The summed E-state index contributed by atoms with van der Waals surface area (Å²) in [5.41, 5.74) is 7.07. The number of hydrogen-bond acceptors (Lipinski definition) is 5. The molecule has 3 N–H and O–H groups in total. The minimum absolute atomic E-state index is 0.0706. The Bertz CT molecular complexity index is 583. The molecule has 2 rings (SSSR count). The summed E-state index contributed by atoms with van der Waals surface area (Å²) in [6, 6.07) is 10.2. The Kier molecular flexibility index (Phi) is 5.25. The Balaban J connectivity index is 2.06. The van der Waals surface area contributed by atoms with Gasteiger partial charge in [0.15, 0.2) is 0 Å². The molecule has 0 saturated heterocycles. The molecule has 0 radical (unpaired) electrons. The van der Waals surface area contributed by atoms with Crippen molar-refractivity contribution in [3.05, 3.63) is 52.8 Å². The van der Waals surface area contributed by atoms with E-state index in [0.717, 1.165) is 35.5 Å². The molecule has 21 heavy (non-hydrogen) atoms. The normalized spacial score (nSPS) is 12.2. The van der Waals surface area contributed by atoms with E-state index >= 15 is 0 Å². The molecule has 1 unspecified atom stereocenters. The Hall–Kier alpha value is -1.98. The molecule has 0 saturated carbocycles. The van der Waals surface area contributed by atoms with Gasteiger partial charge in [0.1, 0.15) is 5.75 Å². The SMILES string of the molecule is COc1ccc(CCC(NN)c2cc(C)nnc2C)cc1. The molecule has 1 atom stereocenters. The lowest BCUT2D eigenvalue weighted by atomic mass is 9.98. The number of benzene rings is 1. The lowest BCUT2D eigenvalue weighted by Crippen LogP contribution is -2.29. The summed E-state index contributed by atoms with van der Waals surface area (Å²) in [5, 5.41) is 8.22. The molecular formula is C16H22N4O. The van der Waals surface area contributed by atoms with Gasteiger partial charge in [0.2, 0.25) is 0 Å². The third kappa shape index (κ3) is 4.00.